The van der Waals surface area contributed by atoms with Crippen LogP contribution in [0.4, 0.5) is 10.2 Å². The molecule has 33 heavy (non-hydrogen) atoms. The smallest absolute Gasteiger partial charge is 0.167 e. The van der Waals surface area contributed by atoms with Gasteiger partial charge in [0.05, 0.1) is 18.0 Å². The molecule has 0 bridgehead atoms. The Morgan fingerprint density at radius 3 is 2.73 bits per heavy atom. The lowest BCUT2D eigenvalue weighted by molar-refractivity contribution is -0.0332. The molecule has 5 rings (SSSR count). The summed E-state index contributed by atoms with van der Waals surface area (Å²) >= 11 is 0. The van der Waals surface area contributed by atoms with Gasteiger partial charge in [-0.25, -0.2) is 19.3 Å². The Labute approximate surface area is 191 Å². The van der Waals surface area contributed by atoms with E-state index in [1.54, 1.807) is 29.1 Å². The van der Waals surface area contributed by atoms with E-state index in [-0.39, 0.29) is 12.0 Å². The van der Waals surface area contributed by atoms with Gasteiger partial charge < -0.3 is 19.8 Å². The Kier molecular flexibility index (Phi) is 5.98. The summed E-state index contributed by atoms with van der Waals surface area (Å²) in [7, 11) is 2.02. The Balaban J connectivity index is 1.37. The van der Waals surface area contributed by atoms with Gasteiger partial charge in [0.1, 0.15) is 24.4 Å². The second kappa shape index (κ2) is 9.06. The van der Waals surface area contributed by atoms with Gasteiger partial charge in [-0.05, 0) is 25.0 Å². The first-order chi connectivity index (χ1) is 16.0. The molecule has 9 heteroatoms. The number of anilines is 1. The number of halogens is 1. The average Bonchev–Trinajstić information content (AvgIpc) is 3.56. The SMILES string of the molecule is CN(c1ncnc2c1ncn2[C@@H]1O[C@H](CC#Cc2ccccc2F)[C@@H](O)[C@H]1O)C1CCCC1. The lowest BCUT2D eigenvalue weighted by Gasteiger charge is -2.25. The van der Waals surface area contributed by atoms with Gasteiger partial charge >= 0.3 is 0 Å². The van der Waals surface area contributed by atoms with Crippen molar-refractivity contribution in [2.45, 2.75) is 62.7 Å². The molecule has 3 aromatic rings. The fraction of sp³-hybridized carbons (Fsp3) is 0.458. The van der Waals surface area contributed by atoms with Crippen LogP contribution in [0.5, 0.6) is 0 Å². The topological polar surface area (TPSA) is 96.5 Å². The highest BCUT2D eigenvalue weighted by Crippen LogP contribution is 2.35. The molecule has 1 saturated heterocycles. The van der Waals surface area contributed by atoms with Crippen LogP contribution in [0.25, 0.3) is 11.2 Å². The predicted molar refractivity (Wildman–Crippen MR) is 120 cm³/mol. The van der Waals surface area contributed by atoms with Gasteiger partial charge in [-0.2, -0.15) is 0 Å². The number of hydrogen-bond donors (Lipinski definition) is 2. The van der Waals surface area contributed by atoms with Gasteiger partial charge in [0.25, 0.3) is 0 Å². The van der Waals surface area contributed by atoms with Gasteiger partial charge in [-0.3, -0.25) is 4.57 Å². The summed E-state index contributed by atoms with van der Waals surface area (Å²) in [6.45, 7) is 0. The number of aromatic nitrogens is 4. The van der Waals surface area contributed by atoms with Crippen LogP contribution in [0.2, 0.25) is 0 Å². The van der Waals surface area contributed by atoms with Crippen LogP contribution >= 0.6 is 0 Å². The van der Waals surface area contributed by atoms with E-state index in [1.807, 2.05) is 7.05 Å². The molecule has 1 saturated carbocycles. The molecule has 2 fully saturated rings. The van der Waals surface area contributed by atoms with Crippen molar-refractivity contribution in [2.24, 2.45) is 0 Å². The Hall–Kier alpha value is -3.06. The maximum absolute atomic E-state index is 13.8. The normalized spacial score (nSPS) is 25.3. The molecule has 0 unspecified atom stereocenters. The summed E-state index contributed by atoms with van der Waals surface area (Å²) in [5.41, 5.74) is 1.43. The first-order valence-electron chi connectivity index (χ1n) is 11.2. The van der Waals surface area contributed by atoms with E-state index in [4.69, 9.17) is 4.74 Å². The quantitative estimate of drug-likeness (QED) is 0.588. The second-order valence-corrected chi connectivity index (χ2v) is 8.60. The van der Waals surface area contributed by atoms with E-state index in [2.05, 4.69) is 31.7 Å². The highest BCUT2D eigenvalue weighted by atomic mass is 19.1. The number of hydrogen-bond acceptors (Lipinski definition) is 7. The van der Waals surface area contributed by atoms with Crippen molar-refractivity contribution in [2.75, 3.05) is 11.9 Å². The number of fused-ring (bicyclic) bond motifs is 1. The molecular weight excluding hydrogens is 425 g/mol. The van der Waals surface area contributed by atoms with E-state index in [9.17, 15) is 14.6 Å². The van der Waals surface area contributed by atoms with Crippen molar-refractivity contribution in [1.29, 1.82) is 0 Å². The van der Waals surface area contributed by atoms with Crippen LogP contribution in [0, 0.1) is 17.7 Å². The van der Waals surface area contributed by atoms with Crippen molar-refractivity contribution < 1.29 is 19.3 Å². The fourth-order valence-electron chi connectivity index (χ4n) is 4.69. The van der Waals surface area contributed by atoms with E-state index in [0.717, 1.165) is 18.7 Å². The van der Waals surface area contributed by atoms with Crippen LogP contribution in [-0.4, -0.2) is 61.1 Å². The van der Waals surface area contributed by atoms with Crippen LogP contribution < -0.4 is 4.90 Å². The molecule has 2 N–H and O–H groups in total. The molecule has 4 atom stereocenters. The molecule has 2 aromatic heterocycles. The number of aliphatic hydroxyl groups is 2. The standard InChI is InChI=1S/C24H26FN5O3/c1-29(16-9-3-4-10-16)22-19-23(27-13-26-22)30(14-28-19)24-21(32)20(31)18(33-24)12-6-8-15-7-2-5-11-17(15)25/h2,5,7,11,13-14,16,18,20-21,24,31-32H,3-4,9-10,12H2,1H3/t18-,20-,21-,24-/m1/s1. The second-order valence-electron chi connectivity index (χ2n) is 8.60. The zero-order chi connectivity index (χ0) is 22.9. The third kappa shape index (κ3) is 4.06. The van der Waals surface area contributed by atoms with Crippen LogP contribution in [0.3, 0.4) is 0 Å². The number of nitrogens with zero attached hydrogens (tertiary/aromatic N) is 5. The van der Waals surface area contributed by atoms with Crippen molar-refractivity contribution in [3.63, 3.8) is 0 Å². The lowest BCUT2D eigenvalue weighted by atomic mass is 10.1. The molecule has 3 heterocycles. The maximum Gasteiger partial charge on any atom is 0.167 e. The van der Waals surface area contributed by atoms with Crippen LogP contribution in [0.15, 0.2) is 36.9 Å². The van der Waals surface area contributed by atoms with Gasteiger partial charge in [-0.1, -0.05) is 36.8 Å². The largest absolute Gasteiger partial charge is 0.387 e. The first kappa shape index (κ1) is 21.8. The Morgan fingerprint density at radius 2 is 1.94 bits per heavy atom. The molecular formula is C24H26FN5O3. The number of rotatable bonds is 4. The molecule has 0 amide bonds. The summed E-state index contributed by atoms with van der Waals surface area (Å²) in [6.07, 6.45) is 3.89. The predicted octanol–water partition coefficient (Wildman–Crippen LogP) is 2.41. The molecule has 172 valence electrons. The van der Waals surface area contributed by atoms with Gasteiger partial charge in [0, 0.05) is 19.5 Å². The molecule has 8 nitrogen and oxygen atoms in total. The Bertz CT molecular complexity index is 1200. The van der Waals surface area contributed by atoms with E-state index in [1.165, 1.54) is 25.2 Å². The van der Waals surface area contributed by atoms with Crippen LogP contribution in [-0.2, 0) is 4.74 Å². The summed E-state index contributed by atoms with van der Waals surface area (Å²) < 4.78 is 21.4. The molecule has 2 aliphatic rings. The van der Waals surface area contributed by atoms with E-state index >= 15 is 0 Å². The number of ether oxygens (including phenoxy) is 1. The number of benzene rings is 1. The zero-order valence-electron chi connectivity index (χ0n) is 18.3. The van der Waals surface area contributed by atoms with Gasteiger partial charge in [-0.15, -0.1) is 0 Å². The van der Waals surface area contributed by atoms with E-state index < -0.39 is 30.4 Å². The molecule has 1 aliphatic carbocycles. The molecule has 1 aliphatic heterocycles. The molecule has 0 spiro atoms. The number of aliphatic hydroxyl groups excluding tert-OH is 2. The highest BCUT2D eigenvalue weighted by Gasteiger charge is 2.44. The zero-order valence-corrected chi connectivity index (χ0v) is 18.3. The summed E-state index contributed by atoms with van der Waals surface area (Å²) in [5.74, 6) is 5.95. The fourth-order valence-corrected chi connectivity index (χ4v) is 4.69. The lowest BCUT2D eigenvalue weighted by Crippen LogP contribution is -2.31. The van der Waals surface area contributed by atoms with Gasteiger partial charge in [0.15, 0.2) is 23.2 Å². The van der Waals surface area contributed by atoms with Gasteiger partial charge in [0.2, 0.25) is 0 Å². The Morgan fingerprint density at radius 1 is 1.15 bits per heavy atom. The van der Waals surface area contributed by atoms with Crippen molar-refractivity contribution in [3.8, 4) is 11.8 Å². The highest BCUT2D eigenvalue weighted by molar-refractivity contribution is 5.83. The van der Waals surface area contributed by atoms with Crippen molar-refractivity contribution in [3.05, 3.63) is 48.3 Å². The first-order valence-corrected chi connectivity index (χ1v) is 11.2. The minimum Gasteiger partial charge on any atom is -0.387 e. The minimum atomic E-state index is -1.19. The molecule has 1 aromatic carbocycles. The third-order valence-electron chi connectivity index (χ3n) is 6.56. The maximum atomic E-state index is 13.8. The molecule has 0 radical (unpaired) electrons. The van der Waals surface area contributed by atoms with Crippen LogP contribution in [0.1, 0.15) is 43.9 Å². The average molecular weight is 452 g/mol. The third-order valence-corrected chi connectivity index (χ3v) is 6.56. The number of imidazole rings is 1. The summed E-state index contributed by atoms with van der Waals surface area (Å²) in [5, 5.41) is 21.2. The van der Waals surface area contributed by atoms with Crippen molar-refractivity contribution in [1.82, 2.24) is 19.5 Å². The summed E-state index contributed by atoms with van der Waals surface area (Å²) in [6, 6.07) is 6.65. The van der Waals surface area contributed by atoms with Crippen molar-refractivity contribution >= 4 is 17.0 Å². The monoisotopic (exact) mass is 451 g/mol. The summed E-state index contributed by atoms with van der Waals surface area (Å²) in [4.78, 5) is 15.5. The van der Waals surface area contributed by atoms with E-state index in [0.29, 0.717) is 17.2 Å². The minimum absolute atomic E-state index is 0.139.